The Balaban J connectivity index is 2.94. The van der Waals surface area contributed by atoms with Gasteiger partial charge in [-0.05, 0) is 24.8 Å². The summed E-state index contributed by atoms with van der Waals surface area (Å²) in [4.78, 5) is 0. The fourth-order valence-electron chi connectivity index (χ4n) is 2.52. The molecule has 24 heavy (non-hydrogen) atoms. The van der Waals surface area contributed by atoms with E-state index in [1.165, 1.54) is 6.92 Å². The lowest BCUT2D eigenvalue weighted by molar-refractivity contribution is -0.361. The van der Waals surface area contributed by atoms with Crippen LogP contribution in [0.1, 0.15) is 38.2 Å². The number of hydrogen-bond donors (Lipinski definition) is 1. The van der Waals surface area contributed by atoms with Gasteiger partial charge in [-0.15, -0.1) is 0 Å². The second-order valence-electron chi connectivity index (χ2n) is 5.91. The fraction of sp³-hybridized carbons (Fsp3) is 0.625. The second-order valence-corrected chi connectivity index (χ2v) is 5.91. The molecular weight excluding hydrogens is 341 g/mol. The molecule has 1 unspecified atom stereocenters. The lowest BCUT2D eigenvalue weighted by Crippen LogP contribution is -2.55. The van der Waals surface area contributed by atoms with Crippen LogP contribution in [0.5, 0.6) is 0 Å². The molecular formula is C16H19F7O. The van der Waals surface area contributed by atoms with E-state index in [1.54, 1.807) is 30.3 Å². The molecule has 0 spiro atoms. The van der Waals surface area contributed by atoms with Crippen molar-refractivity contribution in [1.29, 1.82) is 0 Å². The maximum absolute atomic E-state index is 13.6. The minimum atomic E-state index is -6.39. The highest BCUT2D eigenvalue weighted by Gasteiger charge is 2.73. The Hall–Kier alpha value is -1.31. The first-order valence-electron chi connectivity index (χ1n) is 7.43. The van der Waals surface area contributed by atoms with Crippen molar-refractivity contribution in [2.75, 3.05) is 0 Å². The number of alkyl halides is 7. The third kappa shape index (κ3) is 4.84. The van der Waals surface area contributed by atoms with E-state index in [-0.39, 0.29) is 25.7 Å². The molecule has 1 atom stereocenters. The van der Waals surface area contributed by atoms with Gasteiger partial charge >= 0.3 is 18.0 Å². The standard InChI is InChI=1S/C16H19F7O/c1-2-9-13(24,10-8-12-6-4-3-5-7-12)11-14(17,18)15(19,20)16(21,22)23/h3-7,24H,2,8-11H2,1H3. The highest BCUT2D eigenvalue weighted by molar-refractivity contribution is 5.15. The van der Waals surface area contributed by atoms with Gasteiger partial charge < -0.3 is 5.11 Å². The third-order valence-electron chi connectivity index (χ3n) is 3.80. The molecule has 1 aromatic carbocycles. The summed E-state index contributed by atoms with van der Waals surface area (Å²) in [5.74, 6) is -11.6. The van der Waals surface area contributed by atoms with E-state index < -0.39 is 30.0 Å². The van der Waals surface area contributed by atoms with E-state index in [9.17, 15) is 35.8 Å². The molecule has 0 saturated carbocycles. The third-order valence-corrected chi connectivity index (χ3v) is 3.80. The van der Waals surface area contributed by atoms with Crippen LogP contribution in [0.2, 0.25) is 0 Å². The van der Waals surface area contributed by atoms with Gasteiger partial charge in [0.05, 0.1) is 5.60 Å². The molecule has 1 rings (SSSR count). The Morgan fingerprint density at radius 2 is 1.42 bits per heavy atom. The average Bonchev–Trinajstić information content (AvgIpc) is 2.44. The van der Waals surface area contributed by atoms with Crippen LogP contribution in [0.3, 0.4) is 0 Å². The highest BCUT2D eigenvalue weighted by Crippen LogP contribution is 2.50. The molecule has 8 heteroatoms. The summed E-state index contributed by atoms with van der Waals surface area (Å²) in [7, 11) is 0. The molecule has 1 N–H and O–H groups in total. The first-order chi connectivity index (χ1) is 10.8. The van der Waals surface area contributed by atoms with Gasteiger partial charge in [-0.2, -0.15) is 30.7 Å². The summed E-state index contributed by atoms with van der Waals surface area (Å²) >= 11 is 0. The molecule has 1 aromatic rings. The molecule has 0 aliphatic heterocycles. The number of aryl methyl sites for hydroxylation is 1. The molecule has 0 aromatic heterocycles. The zero-order valence-corrected chi connectivity index (χ0v) is 13.0. The summed E-state index contributed by atoms with van der Waals surface area (Å²) in [6, 6.07) is 8.34. The zero-order valence-electron chi connectivity index (χ0n) is 13.0. The summed E-state index contributed by atoms with van der Waals surface area (Å²) in [6.45, 7) is 1.52. The van der Waals surface area contributed by atoms with Crippen LogP contribution in [-0.4, -0.2) is 28.7 Å². The van der Waals surface area contributed by atoms with Crippen molar-refractivity contribution >= 4 is 0 Å². The first kappa shape index (κ1) is 20.7. The van der Waals surface area contributed by atoms with Crippen molar-refractivity contribution in [2.45, 2.75) is 62.7 Å². The van der Waals surface area contributed by atoms with Crippen molar-refractivity contribution in [3.63, 3.8) is 0 Å². The van der Waals surface area contributed by atoms with Crippen molar-refractivity contribution in [3.05, 3.63) is 35.9 Å². The van der Waals surface area contributed by atoms with Crippen LogP contribution in [0.25, 0.3) is 0 Å². The van der Waals surface area contributed by atoms with Crippen LogP contribution >= 0.6 is 0 Å². The smallest absolute Gasteiger partial charge is 0.390 e. The maximum atomic E-state index is 13.6. The summed E-state index contributed by atoms with van der Waals surface area (Å²) in [5.41, 5.74) is -1.65. The predicted octanol–water partition coefficient (Wildman–Crippen LogP) is 5.37. The number of benzene rings is 1. The van der Waals surface area contributed by atoms with E-state index in [2.05, 4.69) is 0 Å². The van der Waals surface area contributed by atoms with Crippen LogP contribution in [0, 0.1) is 0 Å². The average molecular weight is 360 g/mol. The van der Waals surface area contributed by atoms with Gasteiger partial charge in [0.25, 0.3) is 0 Å². The van der Waals surface area contributed by atoms with Crippen LogP contribution in [-0.2, 0) is 6.42 Å². The van der Waals surface area contributed by atoms with Gasteiger partial charge in [-0.3, -0.25) is 0 Å². The van der Waals surface area contributed by atoms with E-state index >= 15 is 0 Å². The Labute approximate surface area is 135 Å². The van der Waals surface area contributed by atoms with Crippen LogP contribution < -0.4 is 0 Å². The Morgan fingerprint density at radius 3 is 1.88 bits per heavy atom. The number of halogens is 7. The first-order valence-corrected chi connectivity index (χ1v) is 7.43. The monoisotopic (exact) mass is 360 g/mol. The summed E-state index contributed by atoms with van der Waals surface area (Å²) in [6.07, 6.45) is -8.72. The number of hydrogen-bond acceptors (Lipinski definition) is 1. The van der Waals surface area contributed by atoms with Gasteiger partial charge in [0.2, 0.25) is 0 Å². The van der Waals surface area contributed by atoms with E-state index in [1.807, 2.05) is 0 Å². The fourth-order valence-corrected chi connectivity index (χ4v) is 2.52. The van der Waals surface area contributed by atoms with Gasteiger partial charge in [-0.25, -0.2) is 0 Å². The molecule has 0 fully saturated rings. The van der Waals surface area contributed by atoms with Gasteiger partial charge in [-0.1, -0.05) is 43.7 Å². The quantitative estimate of drug-likeness (QED) is 0.618. The molecule has 138 valence electrons. The minimum absolute atomic E-state index is 0.0883. The van der Waals surface area contributed by atoms with Crippen molar-refractivity contribution in [1.82, 2.24) is 0 Å². The van der Waals surface area contributed by atoms with Crippen LogP contribution in [0.4, 0.5) is 30.7 Å². The normalized spacial score (nSPS) is 16.0. The van der Waals surface area contributed by atoms with E-state index in [0.29, 0.717) is 5.56 Å². The van der Waals surface area contributed by atoms with Gasteiger partial charge in [0.1, 0.15) is 0 Å². The molecule has 1 nitrogen and oxygen atoms in total. The van der Waals surface area contributed by atoms with E-state index in [4.69, 9.17) is 0 Å². The predicted molar refractivity (Wildman–Crippen MR) is 75.2 cm³/mol. The van der Waals surface area contributed by atoms with Gasteiger partial charge in [0.15, 0.2) is 0 Å². The topological polar surface area (TPSA) is 20.2 Å². The summed E-state index contributed by atoms with van der Waals surface area (Å²) < 4.78 is 90.0. The van der Waals surface area contributed by atoms with Crippen molar-refractivity contribution in [2.24, 2.45) is 0 Å². The van der Waals surface area contributed by atoms with E-state index in [0.717, 1.165) is 0 Å². The number of rotatable bonds is 8. The maximum Gasteiger partial charge on any atom is 0.459 e. The minimum Gasteiger partial charge on any atom is -0.390 e. The lowest BCUT2D eigenvalue weighted by Gasteiger charge is -2.35. The zero-order chi connectivity index (χ0) is 18.6. The lowest BCUT2D eigenvalue weighted by atomic mass is 9.83. The SMILES string of the molecule is CCCC(O)(CCc1ccccc1)CC(F)(F)C(F)(F)C(F)(F)F. The molecule has 0 radical (unpaired) electrons. The number of aliphatic hydroxyl groups is 1. The molecule has 0 saturated heterocycles. The largest absolute Gasteiger partial charge is 0.459 e. The Morgan fingerprint density at radius 1 is 0.875 bits per heavy atom. The van der Waals surface area contributed by atoms with Crippen LogP contribution in [0.15, 0.2) is 30.3 Å². The second kappa shape index (κ2) is 7.29. The Kier molecular flexibility index (Phi) is 6.30. The molecule has 0 bridgehead atoms. The Bertz CT molecular complexity index is 513. The highest BCUT2D eigenvalue weighted by atomic mass is 19.4. The van der Waals surface area contributed by atoms with Crippen molar-refractivity contribution < 1.29 is 35.8 Å². The van der Waals surface area contributed by atoms with Gasteiger partial charge in [0, 0.05) is 6.42 Å². The molecule has 0 aliphatic rings. The molecule has 0 aliphatic carbocycles. The molecule has 0 amide bonds. The summed E-state index contributed by atoms with van der Waals surface area (Å²) in [5, 5.41) is 10.3. The van der Waals surface area contributed by atoms with Crippen molar-refractivity contribution in [3.8, 4) is 0 Å². The molecule has 0 heterocycles.